The molecule has 2 heterocycles. The number of nitrogens with two attached hydrogens (primary N) is 4. The standard InChI is InChI=1S/2C17H19N3.H2O4S/c2*1-2-3-8-20-16-10-14(18)6-4-12(16)9-13-5-7-15(19)11-17(13)20;1-5(2,3)4/h2*4-7,9-11H,2-3,8H2,1H3,(H3,18,19);(H2,1,2,3,4). The number of benzene rings is 4. The molecule has 236 valence electrons. The number of hydrogen-bond acceptors (Lipinski definition) is 8. The highest BCUT2D eigenvalue weighted by molar-refractivity contribution is 7.79. The van der Waals surface area contributed by atoms with E-state index >= 15 is 0 Å². The minimum absolute atomic E-state index is 0.797. The third kappa shape index (κ3) is 8.69. The summed E-state index contributed by atoms with van der Waals surface area (Å²) in [4.78, 5) is 0. The molecule has 6 aromatic rings. The molecule has 11 heteroatoms. The number of fused-ring (bicyclic) bond motifs is 4. The monoisotopic (exact) mass is 628 g/mol. The average molecular weight is 629 g/mol. The molecule has 0 aliphatic carbocycles. The summed E-state index contributed by atoms with van der Waals surface area (Å²) in [5, 5.41) is 4.86. The number of hydrogen-bond donors (Lipinski definition) is 4. The van der Waals surface area contributed by atoms with Crippen molar-refractivity contribution in [2.24, 2.45) is 0 Å². The number of aryl methyl sites for hydroxylation is 2. The Bertz CT molecular complexity index is 1820. The first kappa shape index (κ1) is 33.2. The molecule has 0 fully saturated rings. The fourth-order valence-corrected chi connectivity index (χ4v) is 5.37. The van der Waals surface area contributed by atoms with E-state index in [0.29, 0.717) is 0 Å². The molecule has 8 N–H and O–H groups in total. The molecule has 0 atom stereocenters. The first-order valence-electron chi connectivity index (χ1n) is 14.9. The van der Waals surface area contributed by atoms with Gasteiger partial charge in [0.2, 0.25) is 22.1 Å². The van der Waals surface area contributed by atoms with Gasteiger partial charge in [-0.3, -0.25) is 8.42 Å². The summed E-state index contributed by atoms with van der Waals surface area (Å²) in [5.41, 5.74) is 31.7. The van der Waals surface area contributed by atoms with Crippen LogP contribution in [0, 0.1) is 0 Å². The van der Waals surface area contributed by atoms with Crippen molar-refractivity contribution >= 4 is 76.8 Å². The van der Waals surface area contributed by atoms with Crippen molar-refractivity contribution in [2.75, 3.05) is 22.9 Å². The van der Waals surface area contributed by atoms with E-state index in [2.05, 4.69) is 59.4 Å². The highest BCUT2D eigenvalue weighted by Gasteiger charge is 2.17. The van der Waals surface area contributed by atoms with E-state index < -0.39 is 10.4 Å². The first-order valence-corrected chi connectivity index (χ1v) is 16.2. The number of rotatable bonds is 6. The summed E-state index contributed by atoms with van der Waals surface area (Å²) in [6.45, 7) is 6.38. The van der Waals surface area contributed by atoms with Crippen molar-refractivity contribution in [3.8, 4) is 0 Å². The summed E-state index contributed by atoms with van der Waals surface area (Å²) < 4.78 is 38.8. The third-order valence-corrected chi connectivity index (χ3v) is 7.47. The van der Waals surface area contributed by atoms with Crippen LogP contribution in [0.1, 0.15) is 39.5 Å². The van der Waals surface area contributed by atoms with Gasteiger partial charge in [-0.15, -0.1) is 0 Å². The maximum absolute atomic E-state index is 8.52. The number of unbranched alkanes of at least 4 members (excludes halogenated alkanes) is 2. The molecular weight excluding hydrogens is 588 g/mol. The molecule has 45 heavy (non-hydrogen) atoms. The van der Waals surface area contributed by atoms with Crippen LogP contribution >= 0.6 is 0 Å². The van der Waals surface area contributed by atoms with Crippen molar-refractivity contribution in [1.82, 2.24) is 0 Å². The fourth-order valence-electron chi connectivity index (χ4n) is 5.37. The maximum Gasteiger partial charge on any atom is 0.215 e. The average Bonchev–Trinajstić information content (AvgIpc) is 2.98. The fraction of sp³-hybridized carbons (Fsp3) is 0.235. The molecule has 4 aromatic carbocycles. The van der Waals surface area contributed by atoms with Crippen LogP contribution in [0.25, 0.3) is 43.6 Å². The second-order valence-electron chi connectivity index (χ2n) is 11.0. The zero-order valence-corrected chi connectivity index (χ0v) is 26.4. The molecule has 0 amide bonds. The molecule has 0 aliphatic rings. The predicted octanol–water partition coefficient (Wildman–Crippen LogP) is 5.15. The Labute approximate surface area is 263 Å². The van der Waals surface area contributed by atoms with E-state index in [9.17, 15) is 0 Å². The lowest BCUT2D eigenvalue weighted by Crippen LogP contribution is -2.35. The van der Waals surface area contributed by atoms with E-state index in [1.54, 1.807) is 0 Å². The van der Waals surface area contributed by atoms with Gasteiger partial charge in [0, 0.05) is 91.8 Å². The molecule has 0 spiro atoms. The summed E-state index contributed by atoms with van der Waals surface area (Å²) in [5.74, 6) is 0. The molecule has 0 saturated carbocycles. The van der Waals surface area contributed by atoms with Crippen molar-refractivity contribution in [3.63, 3.8) is 0 Å². The van der Waals surface area contributed by atoms with Gasteiger partial charge in [0.25, 0.3) is 0 Å². The number of nitrogens with zero attached hydrogens (tertiary/aromatic N) is 2. The second kappa shape index (κ2) is 14.4. The Balaban J connectivity index is 0.000000179. The number of nitrogen functional groups attached to an aromatic ring is 4. The topological polar surface area (TPSA) is 192 Å². The lowest BCUT2D eigenvalue weighted by molar-refractivity contribution is -0.645. The van der Waals surface area contributed by atoms with Gasteiger partial charge in [0.1, 0.15) is 13.1 Å². The number of aromatic nitrogens is 2. The Morgan fingerprint density at radius 2 is 0.756 bits per heavy atom. The van der Waals surface area contributed by atoms with Crippen LogP contribution in [0.15, 0.2) is 84.9 Å². The van der Waals surface area contributed by atoms with E-state index in [0.717, 1.165) is 61.5 Å². The van der Waals surface area contributed by atoms with Crippen molar-refractivity contribution in [1.29, 1.82) is 0 Å². The van der Waals surface area contributed by atoms with Gasteiger partial charge >= 0.3 is 0 Å². The van der Waals surface area contributed by atoms with Crippen LogP contribution in [0.3, 0.4) is 0 Å². The van der Waals surface area contributed by atoms with E-state index in [1.165, 1.54) is 43.6 Å². The first-order chi connectivity index (χ1) is 21.4. The largest absolute Gasteiger partial charge is 0.759 e. The van der Waals surface area contributed by atoms with Gasteiger partial charge in [-0.2, -0.15) is 9.13 Å². The minimum Gasteiger partial charge on any atom is -0.759 e. The van der Waals surface area contributed by atoms with Crippen LogP contribution in [0.4, 0.5) is 22.7 Å². The summed E-state index contributed by atoms with van der Waals surface area (Å²) in [6.07, 6.45) is 4.61. The minimum atomic E-state index is -5.17. The van der Waals surface area contributed by atoms with Gasteiger partial charge in [-0.05, 0) is 60.7 Å². The number of pyridine rings is 2. The highest BCUT2D eigenvalue weighted by Crippen LogP contribution is 2.23. The predicted molar refractivity (Wildman–Crippen MR) is 181 cm³/mol. The SMILES string of the molecule is CCCC[n+]1c2cc(N)ccc2cc2ccc(N)cc21.CCCC[n+]1c2cc(N)ccc2cc2ccc(N)cc21.O=S(=O)([O-])[O-]. The highest BCUT2D eigenvalue weighted by atomic mass is 32.3. The van der Waals surface area contributed by atoms with Crippen molar-refractivity contribution in [2.45, 2.75) is 52.6 Å². The van der Waals surface area contributed by atoms with Crippen molar-refractivity contribution in [3.05, 3.63) is 84.9 Å². The molecule has 2 aromatic heterocycles. The van der Waals surface area contributed by atoms with E-state index in [1.807, 2.05) is 48.5 Å². The van der Waals surface area contributed by atoms with Crippen molar-refractivity contribution < 1.29 is 26.7 Å². The molecule has 0 bridgehead atoms. The van der Waals surface area contributed by atoms with Crippen LogP contribution in [-0.4, -0.2) is 17.5 Å². The van der Waals surface area contributed by atoms with E-state index in [-0.39, 0.29) is 0 Å². The molecule has 0 unspecified atom stereocenters. The molecule has 0 radical (unpaired) electrons. The summed E-state index contributed by atoms with van der Waals surface area (Å²) in [7, 11) is -5.17. The molecule has 0 saturated heterocycles. The van der Waals surface area contributed by atoms with Gasteiger partial charge < -0.3 is 32.0 Å². The molecule has 0 aliphatic heterocycles. The summed E-state index contributed by atoms with van der Waals surface area (Å²) in [6, 6.07) is 28.8. The lowest BCUT2D eigenvalue weighted by Gasteiger charge is -2.07. The second-order valence-corrected chi connectivity index (χ2v) is 11.8. The van der Waals surface area contributed by atoms with Crippen LogP contribution in [-0.2, 0) is 23.5 Å². The molecular formula is C34H40N6O4S. The Kier molecular flexibility index (Phi) is 10.6. The number of anilines is 4. The van der Waals surface area contributed by atoms with Gasteiger partial charge in [-0.25, -0.2) is 0 Å². The molecule has 6 rings (SSSR count). The maximum atomic E-state index is 8.52. The Hall–Kier alpha value is -4.71. The lowest BCUT2D eigenvalue weighted by atomic mass is 10.1. The quantitative estimate of drug-likeness (QED) is 0.0639. The van der Waals surface area contributed by atoms with Crippen LogP contribution in [0.2, 0.25) is 0 Å². The Morgan fingerprint density at radius 1 is 0.511 bits per heavy atom. The molecule has 10 nitrogen and oxygen atoms in total. The van der Waals surface area contributed by atoms with Gasteiger partial charge in [-0.1, -0.05) is 26.7 Å². The van der Waals surface area contributed by atoms with Crippen LogP contribution in [0.5, 0.6) is 0 Å². The van der Waals surface area contributed by atoms with E-state index in [4.69, 9.17) is 40.5 Å². The van der Waals surface area contributed by atoms with Crippen LogP contribution < -0.4 is 32.1 Å². The third-order valence-electron chi connectivity index (χ3n) is 7.47. The zero-order chi connectivity index (χ0) is 32.7. The Morgan fingerprint density at radius 3 is 0.978 bits per heavy atom. The van der Waals surface area contributed by atoms with Gasteiger partial charge in [0.15, 0.2) is 0 Å². The summed E-state index contributed by atoms with van der Waals surface area (Å²) >= 11 is 0. The zero-order valence-electron chi connectivity index (χ0n) is 25.6. The smallest absolute Gasteiger partial charge is 0.215 e. The normalized spacial score (nSPS) is 11.3. The van der Waals surface area contributed by atoms with Gasteiger partial charge in [0.05, 0.1) is 0 Å².